The number of aryl methyl sites for hydroxylation is 3. The minimum Gasteiger partial charge on any atom is -0.496 e. The Balaban J connectivity index is 1.16. The Bertz CT molecular complexity index is 1410. The average molecular weight is 627 g/mol. The first-order valence-electron chi connectivity index (χ1n) is 15.1. The number of hydrogen-bond donors (Lipinski definition) is 0. The van der Waals surface area contributed by atoms with Gasteiger partial charge in [-0.15, -0.1) is 0 Å². The van der Waals surface area contributed by atoms with Crippen LogP contribution in [0.4, 0.5) is 11.4 Å². The predicted octanol–water partition coefficient (Wildman–Crippen LogP) is 7.39. The van der Waals surface area contributed by atoms with E-state index in [1.807, 2.05) is 35.7 Å². The van der Waals surface area contributed by atoms with E-state index in [4.69, 9.17) is 4.74 Å². The van der Waals surface area contributed by atoms with Crippen LogP contribution in [-0.2, 0) is 19.5 Å². The number of ether oxygens (including phenoxy) is 1. The molecule has 4 aromatic rings. The zero-order chi connectivity index (χ0) is 31.3. The monoisotopic (exact) mass is 626 g/mol. The summed E-state index contributed by atoms with van der Waals surface area (Å²) >= 11 is 0. The lowest BCUT2D eigenvalue weighted by atomic mass is 10.0. The van der Waals surface area contributed by atoms with E-state index in [0.29, 0.717) is 0 Å². The Morgan fingerprint density at radius 1 is 0.636 bits per heavy atom. The fourth-order valence-electron chi connectivity index (χ4n) is 4.69. The minimum absolute atomic E-state index is 0.879. The Labute approximate surface area is 272 Å². The van der Waals surface area contributed by atoms with Gasteiger partial charge in [0.1, 0.15) is 5.75 Å². The molecule has 0 amide bonds. The van der Waals surface area contributed by atoms with Crippen molar-refractivity contribution < 1.29 is 13.9 Å². The van der Waals surface area contributed by atoms with E-state index in [2.05, 4.69) is 150 Å². The van der Waals surface area contributed by atoms with E-state index in [9.17, 15) is 0 Å². The normalized spacial score (nSPS) is 11.4. The molecule has 4 rings (SSSR count). The minimum atomic E-state index is 0.879. The van der Waals surface area contributed by atoms with Crippen molar-refractivity contribution in [1.82, 2.24) is 0 Å². The average Bonchev–Trinajstić information content (AvgIpc) is 3.05. The summed E-state index contributed by atoms with van der Waals surface area (Å²) < 4.78 is 10.1. The number of benzene rings is 2. The molecule has 2 aromatic carbocycles. The lowest BCUT2D eigenvalue weighted by molar-refractivity contribution is -0.692. The van der Waals surface area contributed by atoms with Crippen molar-refractivity contribution in [2.45, 2.75) is 26.4 Å². The molecule has 0 bridgehead atoms. The summed E-state index contributed by atoms with van der Waals surface area (Å²) in [6.45, 7) is 4.21. The Morgan fingerprint density at radius 2 is 1.11 bits per heavy atom. The van der Waals surface area contributed by atoms with E-state index in [0.717, 1.165) is 48.0 Å². The van der Waals surface area contributed by atoms with Gasteiger partial charge in [0.2, 0.25) is 0 Å². The third-order valence-corrected chi connectivity index (χ3v) is 9.82. The van der Waals surface area contributed by atoms with Gasteiger partial charge in [0.05, 0.1) is 18.6 Å². The lowest BCUT2D eigenvalue weighted by Gasteiger charge is -2.15. The number of aromatic nitrogens is 2. The van der Waals surface area contributed by atoms with Crippen LogP contribution in [0.25, 0.3) is 24.3 Å². The topological polar surface area (TPSA) is 23.5 Å². The molecule has 0 spiro atoms. The molecule has 0 N–H and O–H groups in total. The molecule has 0 saturated heterocycles. The van der Waals surface area contributed by atoms with Gasteiger partial charge >= 0.3 is 0 Å². The fourth-order valence-corrected chi connectivity index (χ4v) is 6.65. The van der Waals surface area contributed by atoms with Gasteiger partial charge in [-0.2, -0.15) is 0 Å². The maximum absolute atomic E-state index is 5.59. The number of nitrogens with zero attached hydrogens (tertiary/aromatic N) is 4. The van der Waals surface area contributed by atoms with E-state index in [1.54, 1.807) is 7.11 Å². The molecular formula is C37H46N4OS2+2. The van der Waals surface area contributed by atoms with Crippen molar-refractivity contribution in [1.29, 1.82) is 0 Å². The SMILES string of the molecule is CCc1cc(N(C)C)ccc1/C=C/c1cc[n+](CCSSCC[n+]2ccc(/C=C/c3ccc(N(C)C)cc3OC)cc2)cc1. The number of pyridine rings is 2. The largest absolute Gasteiger partial charge is 0.496 e. The number of rotatable bonds is 15. The highest BCUT2D eigenvalue weighted by Crippen LogP contribution is 2.26. The van der Waals surface area contributed by atoms with Crippen molar-refractivity contribution in [2.75, 3.05) is 56.6 Å². The van der Waals surface area contributed by atoms with Crippen LogP contribution in [0.5, 0.6) is 5.75 Å². The highest BCUT2D eigenvalue weighted by Gasteiger charge is 2.06. The summed E-state index contributed by atoms with van der Waals surface area (Å²) in [5.41, 5.74) is 8.50. The van der Waals surface area contributed by atoms with Gasteiger partial charge in [-0.05, 0) is 52.9 Å². The Morgan fingerprint density at radius 3 is 1.59 bits per heavy atom. The molecule has 0 atom stereocenters. The fraction of sp³-hybridized carbons (Fsp3) is 0.297. The smallest absolute Gasteiger partial charge is 0.169 e. The van der Waals surface area contributed by atoms with Crippen LogP contribution in [0.15, 0.2) is 85.5 Å². The van der Waals surface area contributed by atoms with Crippen LogP contribution in [0.2, 0.25) is 0 Å². The summed E-state index contributed by atoms with van der Waals surface area (Å²) in [7, 11) is 13.8. The van der Waals surface area contributed by atoms with Gasteiger partial charge in [0.25, 0.3) is 0 Å². The molecule has 7 heteroatoms. The van der Waals surface area contributed by atoms with Crippen LogP contribution < -0.4 is 23.7 Å². The third-order valence-electron chi connectivity index (χ3n) is 7.45. The van der Waals surface area contributed by atoms with Crippen molar-refractivity contribution >= 4 is 57.3 Å². The van der Waals surface area contributed by atoms with E-state index in [1.165, 1.54) is 27.9 Å². The number of hydrogen-bond acceptors (Lipinski definition) is 5. The second-order valence-electron chi connectivity index (χ2n) is 11.0. The molecule has 0 unspecified atom stereocenters. The second-order valence-corrected chi connectivity index (χ2v) is 13.7. The van der Waals surface area contributed by atoms with Crippen LogP contribution >= 0.6 is 21.6 Å². The van der Waals surface area contributed by atoms with Crippen molar-refractivity contribution in [3.8, 4) is 5.75 Å². The molecular weight excluding hydrogens is 581 g/mol. The summed E-state index contributed by atoms with van der Waals surface area (Å²) in [5, 5.41) is 0. The van der Waals surface area contributed by atoms with Crippen molar-refractivity contribution in [3.63, 3.8) is 0 Å². The zero-order valence-electron chi connectivity index (χ0n) is 26.9. The maximum Gasteiger partial charge on any atom is 0.169 e. The van der Waals surface area contributed by atoms with E-state index < -0.39 is 0 Å². The molecule has 0 radical (unpaired) electrons. The molecule has 230 valence electrons. The van der Waals surface area contributed by atoms with Gasteiger partial charge in [-0.25, -0.2) is 9.13 Å². The van der Waals surface area contributed by atoms with E-state index in [-0.39, 0.29) is 0 Å². The molecule has 0 saturated carbocycles. The predicted molar refractivity (Wildman–Crippen MR) is 194 cm³/mol. The highest BCUT2D eigenvalue weighted by molar-refractivity contribution is 8.76. The van der Waals surface area contributed by atoms with Gasteiger partial charge < -0.3 is 14.5 Å². The van der Waals surface area contributed by atoms with E-state index >= 15 is 0 Å². The highest BCUT2D eigenvalue weighted by atomic mass is 33.1. The molecule has 2 aromatic heterocycles. The molecule has 2 heterocycles. The standard InChI is InChI=1S/C37H46N4OS2/c1-7-32-28-35(38(2)3)14-12-33(32)10-8-30-16-20-40(21-17-30)24-26-43-44-27-25-41-22-18-31(19-23-41)9-11-34-13-15-36(39(4)5)29-37(34)42-6/h8-23,28-29H,7,24-27H2,1-6H3/q+2. The third kappa shape index (κ3) is 9.93. The zero-order valence-corrected chi connectivity index (χ0v) is 28.6. The summed E-state index contributed by atoms with van der Waals surface area (Å²) in [4.78, 5) is 4.23. The van der Waals surface area contributed by atoms with Crippen molar-refractivity contribution in [2.24, 2.45) is 0 Å². The number of methoxy groups -OCH3 is 1. The Kier molecular flexibility index (Phi) is 12.8. The van der Waals surface area contributed by atoms with Crippen LogP contribution in [-0.4, -0.2) is 46.8 Å². The molecule has 0 fully saturated rings. The molecule has 44 heavy (non-hydrogen) atoms. The molecule has 5 nitrogen and oxygen atoms in total. The summed E-state index contributed by atoms with van der Waals surface area (Å²) in [6.07, 6.45) is 18.4. The number of anilines is 2. The first-order valence-corrected chi connectivity index (χ1v) is 17.6. The van der Waals surface area contributed by atoms with Crippen LogP contribution in [0.3, 0.4) is 0 Å². The molecule has 0 aliphatic rings. The summed E-state index contributed by atoms with van der Waals surface area (Å²) in [5.74, 6) is 3.03. The Hall–Kier alpha value is -3.68. The lowest BCUT2D eigenvalue weighted by Crippen LogP contribution is -2.34. The van der Waals surface area contributed by atoms with Crippen molar-refractivity contribution in [3.05, 3.63) is 113 Å². The van der Waals surface area contributed by atoms with Gasteiger partial charge in [0.15, 0.2) is 37.9 Å². The molecule has 0 aliphatic heterocycles. The van der Waals surface area contributed by atoms with Crippen LogP contribution in [0.1, 0.15) is 34.7 Å². The first kappa shape index (κ1) is 33.2. The van der Waals surface area contributed by atoms with Crippen LogP contribution in [0, 0.1) is 0 Å². The first-order chi connectivity index (χ1) is 21.4. The quantitative estimate of drug-likeness (QED) is 0.0778. The van der Waals surface area contributed by atoms with Gasteiger partial charge in [-0.1, -0.05) is 58.9 Å². The second kappa shape index (κ2) is 17.0. The molecule has 0 aliphatic carbocycles. The van der Waals surface area contributed by atoms with Gasteiger partial charge in [0, 0.05) is 75.5 Å². The van der Waals surface area contributed by atoms with Gasteiger partial charge in [-0.3, -0.25) is 0 Å². The maximum atomic E-state index is 5.59. The summed E-state index contributed by atoms with van der Waals surface area (Å²) in [6, 6.07) is 21.7.